The molecule has 57 heavy (non-hydrogen) atoms. The minimum atomic E-state index is 1.14. The summed E-state index contributed by atoms with van der Waals surface area (Å²) in [5, 5.41) is 7.59. The molecule has 0 spiro atoms. The van der Waals surface area contributed by atoms with Crippen molar-refractivity contribution < 1.29 is 0 Å². The molecule has 3 aromatic heterocycles. The summed E-state index contributed by atoms with van der Waals surface area (Å²) in [6.45, 7) is 0. The Morgan fingerprint density at radius 1 is 0.211 bits per heavy atom. The summed E-state index contributed by atoms with van der Waals surface area (Å²) in [6, 6.07) is 77.3. The molecule has 0 aliphatic heterocycles. The summed E-state index contributed by atoms with van der Waals surface area (Å²) in [5.74, 6) is 0. The van der Waals surface area contributed by atoms with Gasteiger partial charge in [0.15, 0.2) is 0 Å². The number of nitrogens with zero attached hydrogens (tertiary/aromatic N) is 3. The lowest BCUT2D eigenvalue weighted by Crippen LogP contribution is -1.95. The Balaban J connectivity index is 1.03. The number of para-hydroxylation sites is 4. The van der Waals surface area contributed by atoms with Crippen molar-refractivity contribution in [1.29, 1.82) is 0 Å². The number of aromatic nitrogens is 3. The normalized spacial score (nSPS) is 11.9. The van der Waals surface area contributed by atoms with Gasteiger partial charge < -0.3 is 13.7 Å². The first-order valence-electron chi connectivity index (χ1n) is 19.6. The van der Waals surface area contributed by atoms with E-state index in [1.54, 1.807) is 0 Å². The van der Waals surface area contributed by atoms with Crippen LogP contribution >= 0.6 is 0 Å². The molecule has 3 heterocycles. The van der Waals surface area contributed by atoms with Crippen molar-refractivity contribution in [2.45, 2.75) is 0 Å². The fourth-order valence-corrected chi connectivity index (χ4v) is 9.34. The van der Waals surface area contributed by atoms with Crippen molar-refractivity contribution in [1.82, 2.24) is 13.7 Å². The van der Waals surface area contributed by atoms with E-state index in [2.05, 4.69) is 226 Å². The van der Waals surface area contributed by atoms with Crippen LogP contribution in [0.15, 0.2) is 212 Å². The zero-order chi connectivity index (χ0) is 37.5. The predicted molar refractivity (Wildman–Crippen MR) is 240 cm³/mol. The van der Waals surface area contributed by atoms with E-state index in [0.717, 1.165) is 11.4 Å². The first-order valence-corrected chi connectivity index (χ1v) is 19.6. The SMILES string of the molecule is c1ccc(-c2cccc(-n3c4ccccc4c4c5c6ccccc6n(-c6ccc(-c7ccc8c9ccccc9n(-c9ccccc9)c8c7)cc6)c5ccc43)c2)cc1. The Bertz CT molecular complexity index is 3490. The Morgan fingerprint density at radius 2 is 0.632 bits per heavy atom. The summed E-state index contributed by atoms with van der Waals surface area (Å²) in [6.07, 6.45) is 0. The molecule has 266 valence electrons. The molecular weight excluding hydrogens is 691 g/mol. The average Bonchev–Trinajstić information content (AvgIpc) is 3.92. The van der Waals surface area contributed by atoms with Gasteiger partial charge in [0, 0.05) is 49.4 Å². The van der Waals surface area contributed by atoms with E-state index in [1.165, 1.54) is 93.4 Å². The third-order valence-corrected chi connectivity index (χ3v) is 11.8. The van der Waals surface area contributed by atoms with Crippen LogP contribution < -0.4 is 0 Å². The highest BCUT2D eigenvalue weighted by atomic mass is 15.0. The van der Waals surface area contributed by atoms with Gasteiger partial charge in [0.05, 0.1) is 33.1 Å². The van der Waals surface area contributed by atoms with Crippen molar-refractivity contribution in [2.75, 3.05) is 0 Å². The van der Waals surface area contributed by atoms with Crippen molar-refractivity contribution >= 4 is 65.4 Å². The van der Waals surface area contributed by atoms with Gasteiger partial charge in [0.25, 0.3) is 0 Å². The molecule has 0 fully saturated rings. The lowest BCUT2D eigenvalue weighted by atomic mass is 10.0. The smallest absolute Gasteiger partial charge is 0.0548 e. The molecule has 0 N–H and O–H groups in total. The Kier molecular flexibility index (Phi) is 6.93. The van der Waals surface area contributed by atoms with E-state index in [0.29, 0.717) is 0 Å². The molecule has 0 atom stereocenters. The monoisotopic (exact) mass is 725 g/mol. The van der Waals surface area contributed by atoms with Crippen LogP contribution in [-0.4, -0.2) is 13.7 Å². The third-order valence-electron chi connectivity index (χ3n) is 11.8. The largest absolute Gasteiger partial charge is 0.309 e. The van der Waals surface area contributed by atoms with Gasteiger partial charge in [-0.05, 0) is 95.1 Å². The second-order valence-electron chi connectivity index (χ2n) is 14.9. The molecular formula is C54H35N3. The zero-order valence-corrected chi connectivity index (χ0v) is 31.0. The lowest BCUT2D eigenvalue weighted by molar-refractivity contribution is 1.17. The summed E-state index contributed by atoms with van der Waals surface area (Å²) in [7, 11) is 0. The van der Waals surface area contributed by atoms with Crippen LogP contribution in [0.5, 0.6) is 0 Å². The number of benzene rings is 9. The van der Waals surface area contributed by atoms with Crippen LogP contribution in [0.2, 0.25) is 0 Å². The molecule has 0 saturated carbocycles. The van der Waals surface area contributed by atoms with Crippen LogP contribution in [-0.2, 0) is 0 Å². The van der Waals surface area contributed by atoms with Gasteiger partial charge in [-0.2, -0.15) is 0 Å². The van der Waals surface area contributed by atoms with E-state index in [4.69, 9.17) is 0 Å². The molecule has 3 nitrogen and oxygen atoms in total. The first-order chi connectivity index (χ1) is 28.3. The first kappa shape index (κ1) is 31.7. The lowest BCUT2D eigenvalue weighted by Gasteiger charge is -2.12. The van der Waals surface area contributed by atoms with Gasteiger partial charge in [-0.3, -0.25) is 0 Å². The summed E-state index contributed by atoms with van der Waals surface area (Å²) in [4.78, 5) is 0. The summed E-state index contributed by atoms with van der Waals surface area (Å²) < 4.78 is 7.26. The van der Waals surface area contributed by atoms with Crippen LogP contribution in [0.4, 0.5) is 0 Å². The van der Waals surface area contributed by atoms with Gasteiger partial charge in [0.2, 0.25) is 0 Å². The van der Waals surface area contributed by atoms with Gasteiger partial charge in [-0.25, -0.2) is 0 Å². The summed E-state index contributed by atoms with van der Waals surface area (Å²) in [5.41, 5.74) is 15.5. The molecule has 0 bridgehead atoms. The molecule has 9 aromatic carbocycles. The second-order valence-corrected chi connectivity index (χ2v) is 14.9. The van der Waals surface area contributed by atoms with Gasteiger partial charge in [-0.1, -0.05) is 140 Å². The van der Waals surface area contributed by atoms with Crippen molar-refractivity contribution in [3.05, 3.63) is 212 Å². The van der Waals surface area contributed by atoms with Crippen molar-refractivity contribution in [3.8, 4) is 39.3 Å². The second kappa shape index (κ2) is 12.5. The van der Waals surface area contributed by atoms with Crippen LogP contribution in [0, 0.1) is 0 Å². The number of hydrogen-bond acceptors (Lipinski definition) is 0. The van der Waals surface area contributed by atoms with Crippen molar-refractivity contribution in [2.24, 2.45) is 0 Å². The molecule has 0 amide bonds. The maximum absolute atomic E-state index is 2.44. The Labute approximate surface area is 329 Å². The molecule has 12 aromatic rings. The average molecular weight is 726 g/mol. The van der Waals surface area contributed by atoms with Crippen LogP contribution in [0.25, 0.3) is 105 Å². The van der Waals surface area contributed by atoms with Crippen molar-refractivity contribution in [3.63, 3.8) is 0 Å². The Morgan fingerprint density at radius 3 is 1.30 bits per heavy atom. The van der Waals surface area contributed by atoms with Crippen LogP contribution in [0.1, 0.15) is 0 Å². The molecule has 0 aliphatic rings. The van der Waals surface area contributed by atoms with Gasteiger partial charge in [0.1, 0.15) is 0 Å². The minimum absolute atomic E-state index is 1.14. The number of fused-ring (bicyclic) bond motifs is 10. The third kappa shape index (κ3) is 4.79. The van der Waals surface area contributed by atoms with E-state index < -0.39 is 0 Å². The molecule has 0 unspecified atom stereocenters. The maximum Gasteiger partial charge on any atom is 0.0548 e. The molecule has 12 rings (SSSR count). The highest BCUT2D eigenvalue weighted by molar-refractivity contribution is 6.29. The summed E-state index contributed by atoms with van der Waals surface area (Å²) >= 11 is 0. The fourth-order valence-electron chi connectivity index (χ4n) is 9.34. The Hall–Kier alpha value is -7.62. The minimum Gasteiger partial charge on any atom is -0.309 e. The van der Waals surface area contributed by atoms with E-state index in [9.17, 15) is 0 Å². The van der Waals surface area contributed by atoms with E-state index in [-0.39, 0.29) is 0 Å². The van der Waals surface area contributed by atoms with Crippen LogP contribution in [0.3, 0.4) is 0 Å². The van der Waals surface area contributed by atoms with E-state index >= 15 is 0 Å². The zero-order valence-electron chi connectivity index (χ0n) is 31.0. The number of rotatable bonds is 5. The fraction of sp³-hybridized carbons (Fsp3) is 0. The van der Waals surface area contributed by atoms with Gasteiger partial charge in [-0.15, -0.1) is 0 Å². The molecule has 0 saturated heterocycles. The van der Waals surface area contributed by atoms with Gasteiger partial charge >= 0.3 is 0 Å². The molecule has 0 radical (unpaired) electrons. The maximum atomic E-state index is 2.44. The number of hydrogen-bond donors (Lipinski definition) is 0. The predicted octanol–water partition coefficient (Wildman–Crippen LogP) is 14.3. The topological polar surface area (TPSA) is 14.8 Å². The molecule has 0 aliphatic carbocycles. The standard InChI is InChI=1S/C54H35N3/c1-3-14-36(15-4-1)38-16-13-19-42(34-38)57-49-25-12-9-22-46(49)54-51(57)33-32-50-53(54)45-21-8-11-24-48(45)55(50)41-29-26-37(27-30-41)39-28-31-44-43-20-7-10-23-47(43)56(52(44)35-39)40-17-5-2-6-18-40/h1-35H. The molecule has 3 heteroatoms. The quantitative estimate of drug-likeness (QED) is 0.168. The van der Waals surface area contributed by atoms with E-state index in [1.807, 2.05) is 0 Å². The highest BCUT2D eigenvalue weighted by Crippen LogP contribution is 2.43. The highest BCUT2D eigenvalue weighted by Gasteiger charge is 2.21.